The summed E-state index contributed by atoms with van der Waals surface area (Å²) in [6.07, 6.45) is 1.14. The van der Waals surface area contributed by atoms with Gasteiger partial charge in [-0.15, -0.1) is 0 Å². The van der Waals surface area contributed by atoms with Gasteiger partial charge in [-0.2, -0.15) is 0 Å². The van der Waals surface area contributed by atoms with Crippen LogP contribution in [0.2, 0.25) is 16.0 Å². The van der Waals surface area contributed by atoms with E-state index in [1.165, 1.54) is 17.2 Å². The molecule has 0 bridgehead atoms. The number of aromatic nitrogens is 4. The van der Waals surface area contributed by atoms with Gasteiger partial charge in [0.1, 0.15) is 0 Å². The third-order valence-electron chi connectivity index (χ3n) is 4.79. The Labute approximate surface area is 171 Å². The molecule has 0 radical (unpaired) electrons. The van der Waals surface area contributed by atoms with Gasteiger partial charge in [-0.1, -0.05) is 0 Å². The molecule has 1 unspecified atom stereocenters. The van der Waals surface area contributed by atoms with Crippen LogP contribution in [0.25, 0.3) is 11.2 Å². The number of allylic oxidation sites excluding steroid dienone is 1. The minimum atomic E-state index is -1.39. The van der Waals surface area contributed by atoms with E-state index >= 15 is 0 Å². The molecule has 2 aromatic heterocycles. The van der Waals surface area contributed by atoms with Crippen molar-refractivity contribution in [2.45, 2.75) is 53.0 Å². The number of carbonyl (C=O) groups is 1. The molecule has 1 aliphatic heterocycles. The number of ether oxygens (including phenoxy) is 1. The van der Waals surface area contributed by atoms with Gasteiger partial charge in [-0.3, -0.25) is 0 Å². The molecular formula is C17H25N6O5Se+. The molecule has 12 heteroatoms. The number of aliphatic hydroxyl groups excluding tert-OH is 2. The van der Waals surface area contributed by atoms with Crippen LogP contribution in [0, 0.1) is 0 Å². The molecule has 3 heterocycles. The summed E-state index contributed by atoms with van der Waals surface area (Å²) in [7, 11) is 0. The van der Waals surface area contributed by atoms with Gasteiger partial charge < -0.3 is 0 Å². The Kier molecular flexibility index (Phi) is 6.83. The quantitative estimate of drug-likeness (QED) is 0.236. The van der Waals surface area contributed by atoms with Crippen LogP contribution in [-0.4, -0.2) is 79.1 Å². The Bertz CT molecular complexity index is 879. The van der Waals surface area contributed by atoms with Gasteiger partial charge in [0.05, 0.1) is 0 Å². The van der Waals surface area contributed by atoms with Crippen LogP contribution in [0.1, 0.15) is 12.6 Å². The molecule has 1 aliphatic rings. The van der Waals surface area contributed by atoms with E-state index < -0.39 is 50.5 Å². The minimum absolute atomic E-state index is 0.214. The number of nitrogens with two attached hydrogens (primary N) is 2. The topological polar surface area (TPSA) is 183 Å². The fourth-order valence-electron chi connectivity index (χ4n) is 3.20. The van der Waals surface area contributed by atoms with Gasteiger partial charge in [0.25, 0.3) is 0 Å². The summed E-state index contributed by atoms with van der Waals surface area (Å²) in [6, 6.07) is -0.915. The van der Waals surface area contributed by atoms with Crippen LogP contribution in [0.5, 0.6) is 0 Å². The molecule has 1 saturated heterocycles. The van der Waals surface area contributed by atoms with E-state index in [9.17, 15) is 15.0 Å². The van der Waals surface area contributed by atoms with Gasteiger partial charge >= 0.3 is 171 Å². The number of anilines is 1. The van der Waals surface area contributed by atoms with Crippen molar-refractivity contribution in [2.75, 3.05) is 5.73 Å². The number of carboxylic acids is 1. The van der Waals surface area contributed by atoms with Crippen molar-refractivity contribution in [3.8, 4) is 0 Å². The molecule has 158 valence electrons. The zero-order chi connectivity index (χ0) is 21.1. The van der Waals surface area contributed by atoms with Crippen molar-refractivity contribution in [2.24, 2.45) is 5.73 Å². The maximum atomic E-state index is 11.0. The van der Waals surface area contributed by atoms with E-state index in [2.05, 4.69) is 21.5 Å². The van der Waals surface area contributed by atoms with Gasteiger partial charge in [0.2, 0.25) is 0 Å². The van der Waals surface area contributed by atoms with E-state index in [1.54, 1.807) is 6.08 Å². The molecule has 0 aromatic carbocycles. The Hall–Kier alpha value is -2.08. The van der Waals surface area contributed by atoms with Crippen molar-refractivity contribution in [3.63, 3.8) is 0 Å². The molecule has 1 fully saturated rings. The van der Waals surface area contributed by atoms with Crippen molar-refractivity contribution >= 4 is 36.9 Å². The SMILES string of the molecule is C=CC[Se+](CC[C@H](N)C(=O)O)C[C@H]1O[C@@H](n2cnc3c(N)ncnc32)[C@H](O)[C@@H]1O. The fourth-order valence-corrected chi connectivity index (χ4v) is 7.67. The predicted octanol–water partition coefficient (Wildman–Crippen LogP) is -0.489. The summed E-state index contributed by atoms with van der Waals surface area (Å²) in [5, 5.41) is 32.0. The van der Waals surface area contributed by atoms with Crippen molar-refractivity contribution in [1.29, 1.82) is 0 Å². The average Bonchev–Trinajstić information content (AvgIpc) is 3.23. The summed E-state index contributed by atoms with van der Waals surface area (Å²) in [6.45, 7) is 3.76. The number of nitrogens with zero attached hydrogens (tertiary/aromatic N) is 4. The number of nitrogen functional groups attached to an aromatic ring is 1. The number of imidazole rings is 1. The predicted molar refractivity (Wildman–Crippen MR) is 106 cm³/mol. The number of hydrogen-bond acceptors (Lipinski definition) is 9. The number of carboxylic acid groups (broad SMARTS) is 1. The van der Waals surface area contributed by atoms with Crippen LogP contribution >= 0.6 is 0 Å². The molecule has 6 atom stereocenters. The van der Waals surface area contributed by atoms with Gasteiger partial charge in [0.15, 0.2) is 0 Å². The van der Waals surface area contributed by atoms with E-state index in [0.29, 0.717) is 28.2 Å². The second-order valence-electron chi connectivity index (χ2n) is 6.80. The monoisotopic (exact) mass is 473 g/mol. The summed E-state index contributed by atoms with van der Waals surface area (Å²) >= 11 is -1.39. The van der Waals surface area contributed by atoms with E-state index in [1.807, 2.05) is 0 Å². The van der Waals surface area contributed by atoms with Crippen molar-refractivity contribution in [1.82, 2.24) is 19.5 Å². The van der Waals surface area contributed by atoms with Crippen LogP contribution in [0.4, 0.5) is 5.82 Å². The molecule has 3 rings (SSSR count). The molecule has 0 aliphatic carbocycles. The first-order chi connectivity index (χ1) is 13.8. The second kappa shape index (κ2) is 9.16. The van der Waals surface area contributed by atoms with Crippen LogP contribution < -0.4 is 11.5 Å². The number of hydrogen-bond donors (Lipinski definition) is 5. The molecular weight excluding hydrogens is 447 g/mol. The Morgan fingerprint density at radius 3 is 2.83 bits per heavy atom. The second-order valence-corrected chi connectivity index (χ2v) is 11.6. The molecule has 11 nitrogen and oxygen atoms in total. The third-order valence-corrected chi connectivity index (χ3v) is 9.65. The van der Waals surface area contributed by atoms with Crippen LogP contribution in [-0.2, 0) is 9.53 Å². The molecule has 2 aromatic rings. The normalized spacial score (nSPS) is 26.4. The maximum absolute atomic E-state index is 11.0. The Morgan fingerprint density at radius 1 is 1.38 bits per heavy atom. The zero-order valence-electron chi connectivity index (χ0n) is 15.7. The number of aliphatic carboxylic acids is 1. The van der Waals surface area contributed by atoms with E-state index in [-0.39, 0.29) is 5.82 Å². The van der Waals surface area contributed by atoms with Gasteiger partial charge in [0, 0.05) is 0 Å². The molecule has 7 N–H and O–H groups in total. The summed E-state index contributed by atoms with van der Waals surface area (Å²) in [4.78, 5) is 23.2. The fraction of sp³-hybridized carbons (Fsp3) is 0.529. The Balaban J connectivity index is 1.73. The number of rotatable bonds is 9. The summed E-state index contributed by atoms with van der Waals surface area (Å²) < 4.78 is 7.51. The first kappa shape index (κ1) is 21.6. The number of fused-ring (bicyclic) bond motifs is 1. The summed E-state index contributed by atoms with van der Waals surface area (Å²) in [5.74, 6) is -0.819. The standard InChI is InChI=1S/C17H24N6O5Se/c1-2-4-29(5-3-9(18)17(26)27)6-10-12(24)13(25)16(28-10)23-8-22-11-14(19)20-7-21-15(11)23/h2,7-10,12-13,16,24-25H,1,3-6,18H2,(H2-,19,20,21,26,27)/p+1/t9-,10+,12+,13+,16+,29?/m0/s1. The van der Waals surface area contributed by atoms with E-state index in [0.717, 1.165) is 5.32 Å². The average molecular weight is 472 g/mol. The van der Waals surface area contributed by atoms with Gasteiger partial charge in [-0.05, 0) is 0 Å². The first-order valence-corrected chi connectivity index (χ1v) is 12.6. The van der Waals surface area contributed by atoms with Crippen LogP contribution in [0.15, 0.2) is 25.3 Å². The van der Waals surface area contributed by atoms with Gasteiger partial charge in [-0.25, -0.2) is 0 Å². The zero-order valence-corrected chi connectivity index (χ0v) is 17.4. The molecule has 29 heavy (non-hydrogen) atoms. The molecule has 0 saturated carbocycles. The third kappa shape index (κ3) is 4.58. The summed E-state index contributed by atoms with van der Waals surface area (Å²) in [5.41, 5.74) is 12.2. The van der Waals surface area contributed by atoms with Crippen molar-refractivity contribution < 1.29 is 24.9 Å². The van der Waals surface area contributed by atoms with Crippen LogP contribution in [0.3, 0.4) is 0 Å². The molecule has 0 spiro atoms. The number of aliphatic hydroxyl groups is 2. The van der Waals surface area contributed by atoms with E-state index in [4.69, 9.17) is 21.3 Å². The molecule has 0 amide bonds. The Morgan fingerprint density at radius 2 is 2.14 bits per heavy atom. The van der Waals surface area contributed by atoms with Crippen molar-refractivity contribution in [3.05, 3.63) is 25.3 Å². The first-order valence-electron chi connectivity index (χ1n) is 9.01.